The summed E-state index contributed by atoms with van der Waals surface area (Å²) in [6, 6.07) is 3.60. The number of nitrogens with one attached hydrogen (secondary N) is 1. The van der Waals surface area contributed by atoms with Crippen molar-refractivity contribution in [2.24, 2.45) is 5.92 Å². The standard InChI is InChI=1S/C15H24N2O3/c1-12(2)6-8-16-15(19)7-9-17(13(3)18)11-14-5-4-10-20-14/h4-5,10,12H,6-9,11H2,1-3H3,(H,16,19). The lowest BCUT2D eigenvalue weighted by Gasteiger charge is -2.19. The van der Waals surface area contributed by atoms with Gasteiger partial charge in [0.05, 0.1) is 12.8 Å². The highest BCUT2D eigenvalue weighted by atomic mass is 16.3. The molecular weight excluding hydrogens is 256 g/mol. The van der Waals surface area contributed by atoms with E-state index in [9.17, 15) is 9.59 Å². The fraction of sp³-hybridized carbons (Fsp3) is 0.600. The van der Waals surface area contributed by atoms with Crippen molar-refractivity contribution in [1.82, 2.24) is 10.2 Å². The maximum absolute atomic E-state index is 11.7. The zero-order chi connectivity index (χ0) is 15.0. The lowest BCUT2D eigenvalue weighted by Crippen LogP contribution is -2.33. The van der Waals surface area contributed by atoms with Crippen LogP contribution in [0.5, 0.6) is 0 Å². The van der Waals surface area contributed by atoms with Gasteiger partial charge in [-0.05, 0) is 24.5 Å². The number of nitrogens with zero attached hydrogens (tertiary/aromatic N) is 1. The maximum atomic E-state index is 11.7. The van der Waals surface area contributed by atoms with Gasteiger partial charge in [0.2, 0.25) is 11.8 Å². The lowest BCUT2D eigenvalue weighted by atomic mass is 10.1. The van der Waals surface area contributed by atoms with Crippen molar-refractivity contribution in [3.8, 4) is 0 Å². The van der Waals surface area contributed by atoms with Crippen LogP contribution in [0.1, 0.15) is 39.4 Å². The van der Waals surface area contributed by atoms with Crippen LogP contribution < -0.4 is 5.32 Å². The minimum Gasteiger partial charge on any atom is -0.467 e. The molecule has 0 fully saturated rings. The van der Waals surface area contributed by atoms with Gasteiger partial charge in [-0.15, -0.1) is 0 Å². The predicted octanol–water partition coefficient (Wildman–Crippen LogP) is 2.18. The van der Waals surface area contributed by atoms with Gasteiger partial charge in [0.25, 0.3) is 0 Å². The van der Waals surface area contributed by atoms with Gasteiger partial charge in [0.1, 0.15) is 5.76 Å². The van der Waals surface area contributed by atoms with Crippen molar-refractivity contribution in [3.05, 3.63) is 24.2 Å². The summed E-state index contributed by atoms with van der Waals surface area (Å²) in [5.41, 5.74) is 0. The van der Waals surface area contributed by atoms with Gasteiger partial charge in [0, 0.05) is 26.4 Å². The minimum absolute atomic E-state index is 0.0173. The molecule has 2 amide bonds. The van der Waals surface area contributed by atoms with Crippen LogP contribution in [0.3, 0.4) is 0 Å². The molecule has 1 rings (SSSR count). The summed E-state index contributed by atoms with van der Waals surface area (Å²) in [6.45, 7) is 7.24. The van der Waals surface area contributed by atoms with Crippen molar-refractivity contribution in [2.75, 3.05) is 13.1 Å². The van der Waals surface area contributed by atoms with Crippen molar-refractivity contribution >= 4 is 11.8 Å². The fourth-order valence-corrected chi connectivity index (χ4v) is 1.76. The second kappa shape index (κ2) is 8.40. The first-order valence-electron chi connectivity index (χ1n) is 7.03. The zero-order valence-corrected chi connectivity index (χ0v) is 12.5. The summed E-state index contributed by atoms with van der Waals surface area (Å²) in [7, 11) is 0. The van der Waals surface area contributed by atoms with Gasteiger partial charge in [0.15, 0.2) is 0 Å². The Labute approximate surface area is 120 Å². The summed E-state index contributed by atoms with van der Waals surface area (Å²) in [5.74, 6) is 1.22. The number of carbonyl (C=O) groups is 2. The lowest BCUT2D eigenvalue weighted by molar-refractivity contribution is -0.130. The van der Waals surface area contributed by atoms with Gasteiger partial charge in [-0.25, -0.2) is 0 Å². The molecule has 0 aliphatic rings. The van der Waals surface area contributed by atoms with E-state index in [0.717, 1.165) is 12.2 Å². The molecule has 5 nitrogen and oxygen atoms in total. The SMILES string of the molecule is CC(=O)N(CCC(=O)NCCC(C)C)Cc1ccco1. The summed E-state index contributed by atoms with van der Waals surface area (Å²) in [4.78, 5) is 24.8. The summed E-state index contributed by atoms with van der Waals surface area (Å²) >= 11 is 0. The smallest absolute Gasteiger partial charge is 0.221 e. The van der Waals surface area contributed by atoms with Crippen LogP contribution >= 0.6 is 0 Å². The van der Waals surface area contributed by atoms with Crippen LogP contribution in [0.4, 0.5) is 0 Å². The highest BCUT2D eigenvalue weighted by molar-refractivity contribution is 5.77. The molecule has 1 N–H and O–H groups in total. The van der Waals surface area contributed by atoms with Crippen molar-refractivity contribution in [3.63, 3.8) is 0 Å². The molecule has 20 heavy (non-hydrogen) atoms. The molecule has 0 aliphatic carbocycles. The highest BCUT2D eigenvalue weighted by Crippen LogP contribution is 2.06. The molecule has 1 aromatic heterocycles. The maximum Gasteiger partial charge on any atom is 0.221 e. The van der Waals surface area contributed by atoms with Gasteiger partial charge in [-0.1, -0.05) is 13.8 Å². The molecule has 112 valence electrons. The molecule has 5 heteroatoms. The second-order valence-corrected chi connectivity index (χ2v) is 5.30. The Kier molecular flexibility index (Phi) is 6.84. The molecular formula is C15H24N2O3. The van der Waals surface area contributed by atoms with Crippen LogP contribution in [0.2, 0.25) is 0 Å². The van der Waals surface area contributed by atoms with E-state index in [1.54, 1.807) is 17.2 Å². The number of rotatable bonds is 8. The van der Waals surface area contributed by atoms with Crippen molar-refractivity contribution in [2.45, 2.75) is 40.2 Å². The largest absolute Gasteiger partial charge is 0.467 e. The Balaban J connectivity index is 2.32. The third kappa shape index (κ3) is 6.41. The fourth-order valence-electron chi connectivity index (χ4n) is 1.76. The molecule has 1 heterocycles. The van der Waals surface area contributed by atoms with Crippen molar-refractivity contribution in [1.29, 1.82) is 0 Å². The highest BCUT2D eigenvalue weighted by Gasteiger charge is 2.13. The number of furan rings is 1. The van der Waals surface area contributed by atoms with E-state index < -0.39 is 0 Å². The number of hydrogen-bond acceptors (Lipinski definition) is 3. The Bertz CT molecular complexity index is 413. The summed E-state index contributed by atoms with van der Waals surface area (Å²) < 4.78 is 5.22. The molecule has 1 aromatic rings. The Morgan fingerprint density at radius 1 is 1.40 bits per heavy atom. The van der Waals surface area contributed by atoms with Crippen LogP contribution in [0.15, 0.2) is 22.8 Å². The van der Waals surface area contributed by atoms with Crippen LogP contribution in [-0.2, 0) is 16.1 Å². The Morgan fingerprint density at radius 2 is 2.15 bits per heavy atom. The monoisotopic (exact) mass is 280 g/mol. The van der Waals surface area contributed by atoms with E-state index >= 15 is 0 Å². The topological polar surface area (TPSA) is 62.6 Å². The van der Waals surface area contributed by atoms with E-state index in [1.165, 1.54) is 6.92 Å². The van der Waals surface area contributed by atoms with Crippen molar-refractivity contribution < 1.29 is 14.0 Å². The quantitative estimate of drug-likeness (QED) is 0.794. The molecule has 0 saturated carbocycles. The van der Waals surface area contributed by atoms with Crippen LogP contribution in [0.25, 0.3) is 0 Å². The number of amides is 2. The first-order chi connectivity index (χ1) is 9.49. The van der Waals surface area contributed by atoms with Gasteiger partial charge < -0.3 is 14.6 Å². The first kappa shape index (κ1) is 16.3. The minimum atomic E-state index is -0.0589. The molecule has 0 unspecified atom stereocenters. The summed E-state index contributed by atoms with van der Waals surface area (Å²) in [6.07, 6.45) is 2.86. The first-order valence-corrected chi connectivity index (χ1v) is 7.03. The molecule has 0 radical (unpaired) electrons. The summed E-state index contributed by atoms with van der Waals surface area (Å²) in [5, 5.41) is 2.87. The molecule has 0 bridgehead atoms. The molecule has 0 atom stereocenters. The number of carbonyl (C=O) groups excluding carboxylic acids is 2. The Hall–Kier alpha value is -1.78. The van der Waals surface area contributed by atoms with Gasteiger partial charge >= 0.3 is 0 Å². The van der Waals surface area contributed by atoms with E-state index in [4.69, 9.17) is 4.42 Å². The molecule has 0 saturated heterocycles. The number of hydrogen-bond donors (Lipinski definition) is 1. The zero-order valence-electron chi connectivity index (χ0n) is 12.5. The molecule has 0 aromatic carbocycles. The van der Waals surface area contributed by atoms with E-state index in [1.807, 2.05) is 6.07 Å². The average Bonchev–Trinajstić information content (AvgIpc) is 2.86. The third-order valence-electron chi connectivity index (χ3n) is 3.02. The second-order valence-electron chi connectivity index (χ2n) is 5.30. The average molecular weight is 280 g/mol. The van der Waals surface area contributed by atoms with Gasteiger partial charge in [-0.2, -0.15) is 0 Å². The normalized spacial score (nSPS) is 10.6. The molecule has 0 spiro atoms. The predicted molar refractivity (Wildman–Crippen MR) is 76.9 cm³/mol. The molecule has 0 aliphatic heterocycles. The van der Waals surface area contributed by atoms with E-state index in [0.29, 0.717) is 32.0 Å². The van der Waals surface area contributed by atoms with Gasteiger partial charge in [-0.3, -0.25) is 9.59 Å². The van der Waals surface area contributed by atoms with E-state index in [2.05, 4.69) is 19.2 Å². The Morgan fingerprint density at radius 3 is 2.70 bits per heavy atom. The van der Waals surface area contributed by atoms with Crippen LogP contribution in [-0.4, -0.2) is 29.8 Å². The van der Waals surface area contributed by atoms with E-state index in [-0.39, 0.29) is 11.8 Å². The van der Waals surface area contributed by atoms with Crippen LogP contribution in [0, 0.1) is 5.92 Å². The third-order valence-corrected chi connectivity index (χ3v) is 3.02.